The first-order chi connectivity index (χ1) is 22.1. The van der Waals surface area contributed by atoms with E-state index in [1.54, 1.807) is 67.6 Å². The molecular weight excluding hydrogens is 633 g/mol. The lowest BCUT2D eigenvalue weighted by atomic mass is 9.89. The number of allylic oxidation sites excluding steroid dienone is 1. The van der Waals surface area contributed by atoms with E-state index in [1.807, 2.05) is 0 Å². The minimum absolute atomic E-state index is 0.00118. The van der Waals surface area contributed by atoms with E-state index in [9.17, 15) is 18.0 Å². The topological polar surface area (TPSA) is 145 Å². The maximum absolute atomic E-state index is 14.4. The van der Waals surface area contributed by atoms with Gasteiger partial charge in [-0.3, -0.25) is 9.36 Å². The number of aromatic nitrogens is 1. The Hall–Kier alpha value is -5.01. The van der Waals surface area contributed by atoms with Gasteiger partial charge in [0, 0.05) is 0 Å². The minimum atomic E-state index is -4.39. The number of carbonyl (C=O) groups excluding carboxylic acids is 1. The summed E-state index contributed by atoms with van der Waals surface area (Å²) in [6, 6.07) is 17.6. The number of esters is 1. The number of nitrogens with zero attached hydrogens (tertiary/aromatic N) is 1. The van der Waals surface area contributed by atoms with Crippen LogP contribution < -0.4 is 39.4 Å². The summed E-state index contributed by atoms with van der Waals surface area (Å²) in [7, 11) is 1.53. The van der Waals surface area contributed by atoms with Crippen molar-refractivity contribution in [3.8, 4) is 23.0 Å². The second-order valence-corrected chi connectivity index (χ2v) is 12.9. The number of hydrogen-bond acceptors (Lipinski definition) is 11. The third-order valence-corrected chi connectivity index (χ3v) is 10.4. The van der Waals surface area contributed by atoms with Gasteiger partial charge in [-0.25, -0.2) is 13.2 Å². The number of hydrogen-bond donors (Lipinski definition) is 1. The third kappa shape index (κ3) is 5.63. The summed E-state index contributed by atoms with van der Waals surface area (Å²) >= 11 is 0.991. The molecule has 0 spiro atoms. The van der Waals surface area contributed by atoms with Gasteiger partial charge in [-0.15, -0.1) is 11.3 Å². The van der Waals surface area contributed by atoms with Gasteiger partial charge in [0.25, 0.3) is 5.56 Å². The van der Waals surface area contributed by atoms with Gasteiger partial charge in [-0.1, -0.05) is 30.3 Å². The van der Waals surface area contributed by atoms with Crippen molar-refractivity contribution in [2.24, 2.45) is 5.73 Å². The molecule has 13 heteroatoms. The highest BCUT2D eigenvalue weighted by molar-refractivity contribution is 7.95. The van der Waals surface area contributed by atoms with Gasteiger partial charge in [-0.05, 0) is 60.5 Å². The number of carbonyl (C=O) groups is 1. The van der Waals surface area contributed by atoms with Crippen LogP contribution in [0.3, 0.4) is 0 Å². The van der Waals surface area contributed by atoms with Crippen molar-refractivity contribution in [3.05, 3.63) is 102 Å². The van der Waals surface area contributed by atoms with Crippen LogP contribution in [0, 0.1) is 0 Å². The van der Waals surface area contributed by atoms with E-state index < -0.39 is 27.3 Å². The molecule has 3 aromatic carbocycles. The number of thiazole rings is 1. The summed E-state index contributed by atoms with van der Waals surface area (Å²) in [6.07, 6.45) is 1.60. The zero-order chi connectivity index (χ0) is 33.2. The molecule has 0 amide bonds. The van der Waals surface area contributed by atoms with Crippen LogP contribution in [0.5, 0.6) is 23.0 Å². The molecule has 1 aliphatic rings. The molecule has 0 aliphatic carbocycles. The zero-order valence-electron chi connectivity index (χ0n) is 25.7. The lowest BCUT2D eigenvalue weighted by Gasteiger charge is -2.28. The fourth-order valence-electron chi connectivity index (χ4n) is 5.27. The van der Waals surface area contributed by atoms with Crippen LogP contribution in [0.1, 0.15) is 24.0 Å². The number of rotatable bonds is 10. The van der Waals surface area contributed by atoms with Gasteiger partial charge in [0.2, 0.25) is 9.84 Å². The first kappa shape index (κ1) is 32.4. The first-order valence-corrected chi connectivity index (χ1v) is 16.3. The van der Waals surface area contributed by atoms with Crippen molar-refractivity contribution < 1.29 is 36.9 Å². The van der Waals surface area contributed by atoms with Crippen molar-refractivity contribution in [2.45, 2.75) is 17.7 Å². The van der Waals surface area contributed by atoms with Gasteiger partial charge in [0.05, 0.1) is 56.0 Å². The molecule has 1 aliphatic heterocycles. The highest BCUT2D eigenvalue weighted by Crippen LogP contribution is 2.44. The number of methoxy groups -OCH3 is 4. The summed E-state index contributed by atoms with van der Waals surface area (Å²) in [5, 5.41) is 0. The summed E-state index contributed by atoms with van der Waals surface area (Å²) in [4.78, 5) is 27.5. The van der Waals surface area contributed by atoms with E-state index >= 15 is 0 Å². The van der Waals surface area contributed by atoms with Crippen LogP contribution in [0.15, 0.2) is 81.3 Å². The Kier molecular flexibility index (Phi) is 9.26. The Labute approximate surface area is 269 Å². The van der Waals surface area contributed by atoms with Gasteiger partial charge >= 0.3 is 5.97 Å². The lowest BCUT2D eigenvalue weighted by molar-refractivity contribution is -0.136. The predicted octanol–water partition coefficient (Wildman–Crippen LogP) is 2.84. The quantitative estimate of drug-likeness (QED) is 0.251. The molecule has 2 heterocycles. The number of sulfone groups is 1. The molecule has 0 radical (unpaired) electrons. The van der Waals surface area contributed by atoms with Gasteiger partial charge in [0.15, 0.2) is 23.0 Å². The molecule has 0 fully saturated rings. The normalized spacial score (nSPS) is 14.9. The zero-order valence-corrected chi connectivity index (χ0v) is 27.4. The van der Waals surface area contributed by atoms with Gasteiger partial charge in [0.1, 0.15) is 15.4 Å². The summed E-state index contributed by atoms with van der Waals surface area (Å²) in [5.74, 6) is -0.765. The highest BCUT2D eigenvalue weighted by atomic mass is 32.2. The van der Waals surface area contributed by atoms with Crippen LogP contribution in [0.2, 0.25) is 0 Å². The van der Waals surface area contributed by atoms with E-state index in [2.05, 4.69) is 0 Å². The van der Waals surface area contributed by atoms with Crippen molar-refractivity contribution >= 4 is 44.6 Å². The van der Waals surface area contributed by atoms with E-state index in [4.69, 9.17) is 29.4 Å². The second-order valence-electron chi connectivity index (χ2n) is 9.92. The molecule has 0 saturated carbocycles. The number of fused-ring (bicyclic) bond motifs is 1. The summed E-state index contributed by atoms with van der Waals surface area (Å²) in [6.45, 7) is 1.64. The van der Waals surface area contributed by atoms with E-state index in [0.717, 1.165) is 15.9 Å². The van der Waals surface area contributed by atoms with Crippen molar-refractivity contribution in [3.63, 3.8) is 0 Å². The smallest absolute Gasteiger partial charge is 0.338 e. The summed E-state index contributed by atoms with van der Waals surface area (Å²) < 4.78 is 57.4. The number of benzene rings is 3. The molecule has 240 valence electrons. The maximum Gasteiger partial charge on any atom is 0.338 e. The van der Waals surface area contributed by atoms with Crippen LogP contribution >= 0.6 is 11.3 Å². The van der Waals surface area contributed by atoms with Gasteiger partial charge in [-0.2, -0.15) is 0 Å². The Morgan fingerprint density at radius 3 is 2.11 bits per heavy atom. The number of ether oxygens (including phenoxy) is 5. The number of nitrogens with two attached hydrogens (primary N) is 1. The molecule has 11 nitrogen and oxygen atoms in total. The van der Waals surface area contributed by atoms with Crippen molar-refractivity contribution in [1.82, 2.24) is 4.57 Å². The second kappa shape index (κ2) is 13.2. The van der Waals surface area contributed by atoms with E-state index in [1.165, 1.54) is 40.6 Å². The molecule has 46 heavy (non-hydrogen) atoms. The van der Waals surface area contributed by atoms with Crippen LogP contribution in [0.4, 0.5) is 0 Å². The predicted molar refractivity (Wildman–Crippen MR) is 174 cm³/mol. The third-order valence-electron chi connectivity index (χ3n) is 7.38. The first-order valence-electron chi connectivity index (χ1n) is 14.0. The fraction of sp³-hybridized carbons (Fsp3) is 0.212. The van der Waals surface area contributed by atoms with E-state index in [-0.39, 0.29) is 37.0 Å². The van der Waals surface area contributed by atoms with Crippen LogP contribution in [0.25, 0.3) is 17.5 Å². The average molecular weight is 665 g/mol. The average Bonchev–Trinajstić information content (AvgIpc) is 3.39. The molecule has 4 aromatic rings. The van der Waals surface area contributed by atoms with Crippen LogP contribution in [-0.2, 0) is 19.4 Å². The van der Waals surface area contributed by atoms with Crippen LogP contribution in [-0.4, -0.2) is 54.0 Å². The highest BCUT2D eigenvalue weighted by Gasteiger charge is 2.42. The Bertz CT molecular complexity index is 2130. The standard InChI is InChI=1S/C33H32N2O9S2/c1-6-44-33(37)28-27(20-13-15-23(41-3)25(18-20)43-5)29(46(38,39)21-10-8-7-9-11-21)30(34)35-31(36)26(45-32(28)35)17-19-12-14-22(40-2)24(16-19)42-4/h7-18,27H,6,34H2,1-5H3. The van der Waals surface area contributed by atoms with Gasteiger partial charge < -0.3 is 29.4 Å². The SMILES string of the molecule is CCOC(=O)C1=c2sc(=Cc3ccc(OC)c(OC)c3)c(=O)n2C(N)=C(S(=O)(=O)c2ccccc2)C1c1ccc(OC)c(OC)c1. The molecule has 0 bridgehead atoms. The Morgan fingerprint density at radius 1 is 0.891 bits per heavy atom. The largest absolute Gasteiger partial charge is 0.493 e. The molecule has 1 atom stereocenters. The van der Waals surface area contributed by atoms with Crippen molar-refractivity contribution in [1.29, 1.82) is 0 Å². The van der Waals surface area contributed by atoms with Crippen molar-refractivity contribution in [2.75, 3.05) is 35.0 Å². The monoisotopic (exact) mass is 664 g/mol. The Balaban J connectivity index is 1.91. The molecular formula is C33H32N2O9S2. The lowest BCUT2D eigenvalue weighted by Crippen LogP contribution is -2.41. The van der Waals surface area contributed by atoms with E-state index in [0.29, 0.717) is 34.1 Å². The molecule has 5 rings (SSSR count). The molecule has 0 saturated heterocycles. The summed E-state index contributed by atoms with van der Waals surface area (Å²) in [5.41, 5.74) is 6.98. The molecule has 2 N–H and O–H groups in total. The maximum atomic E-state index is 14.4. The molecule has 1 unspecified atom stereocenters. The molecule has 1 aromatic heterocycles. The minimum Gasteiger partial charge on any atom is -0.493 e. The Morgan fingerprint density at radius 2 is 1.50 bits per heavy atom. The fourth-order valence-corrected chi connectivity index (χ4v) is 8.14.